The van der Waals surface area contributed by atoms with E-state index in [-0.39, 0.29) is 5.75 Å². The van der Waals surface area contributed by atoms with Crippen molar-refractivity contribution >= 4 is 17.6 Å². The van der Waals surface area contributed by atoms with Crippen molar-refractivity contribution < 1.29 is 13.9 Å². The molecule has 0 fully saturated rings. The van der Waals surface area contributed by atoms with Crippen molar-refractivity contribution in [2.75, 3.05) is 6.61 Å². The highest BCUT2D eigenvalue weighted by Gasteiger charge is 2.08. The molecule has 0 aliphatic rings. The predicted molar refractivity (Wildman–Crippen MR) is 68.4 cm³/mol. The SMILES string of the molecule is CCOc1ccc(-c2csc(CC=O)n2)cc1F. The summed E-state index contributed by atoms with van der Waals surface area (Å²) in [5, 5.41) is 2.54. The fraction of sp³-hybridized carbons (Fsp3) is 0.231. The molecule has 18 heavy (non-hydrogen) atoms. The van der Waals surface area contributed by atoms with Crippen molar-refractivity contribution in [3.63, 3.8) is 0 Å². The van der Waals surface area contributed by atoms with Crippen LogP contribution < -0.4 is 4.74 Å². The predicted octanol–water partition coefficient (Wildman–Crippen LogP) is 3.09. The minimum Gasteiger partial charge on any atom is -0.491 e. The molecule has 2 aromatic rings. The summed E-state index contributed by atoms with van der Waals surface area (Å²) in [6.07, 6.45) is 1.10. The van der Waals surface area contributed by atoms with Crippen molar-refractivity contribution in [2.24, 2.45) is 0 Å². The topological polar surface area (TPSA) is 39.2 Å². The van der Waals surface area contributed by atoms with Gasteiger partial charge in [-0.1, -0.05) is 0 Å². The van der Waals surface area contributed by atoms with Crippen LogP contribution in [0.2, 0.25) is 0 Å². The fourth-order valence-corrected chi connectivity index (χ4v) is 2.29. The lowest BCUT2D eigenvalue weighted by Gasteiger charge is -2.05. The molecule has 0 aliphatic carbocycles. The van der Waals surface area contributed by atoms with Gasteiger partial charge in [-0.25, -0.2) is 9.37 Å². The highest BCUT2D eigenvalue weighted by atomic mass is 32.1. The number of nitrogens with zero attached hydrogens (tertiary/aromatic N) is 1. The molecule has 5 heteroatoms. The van der Waals surface area contributed by atoms with Crippen LogP contribution >= 0.6 is 11.3 Å². The Balaban J connectivity index is 2.27. The van der Waals surface area contributed by atoms with Crippen LogP contribution in [-0.4, -0.2) is 17.9 Å². The van der Waals surface area contributed by atoms with Gasteiger partial charge >= 0.3 is 0 Å². The molecule has 0 amide bonds. The summed E-state index contributed by atoms with van der Waals surface area (Å²) in [6, 6.07) is 4.74. The molecule has 0 atom stereocenters. The van der Waals surface area contributed by atoms with Crippen LogP contribution in [0, 0.1) is 5.82 Å². The van der Waals surface area contributed by atoms with Crippen LogP contribution in [-0.2, 0) is 11.2 Å². The highest BCUT2D eigenvalue weighted by Crippen LogP contribution is 2.26. The first-order chi connectivity index (χ1) is 8.74. The highest BCUT2D eigenvalue weighted by molar-refractivity contribution is 7.10. The van der Waals surface area contributed by atoms with E-state index in [4.69, 9.17) is 4.74 Å². The molecule has 0 saturated heterocycles. The Kier molecular flexibility index (Phi) is 4.04. The van der Waals surface area contributed by atoms with E-state index in [0.29, 0.717) is 24.3 Å². The maximum atomic E-state index is 13.7. The van der Waals surface area contributed by atoms with E-state index in [9.17, 15) is 9.18 Å². The van der Waals surface area contributed by atoms with E-state index in [1.165, 1.54) is 17.4 Å². The first kappa shape index (κ1) is 12.7. The van der Waals surface area contributed by atoms with Gasteiger partial charge < -0.3 is 9.53 Å². The van der Waals surface area contributed by atoms with Crippen molar-refractivity contribution in [1.29, 1.82) is 0 Å². The molecule has 0 unspecified atom stereocenters. The second-order valence-corrected chi connectivity index (χ2v) is 4.52. The molecule has 0 radical (unpaired) electrons. The van der Waals surface area contributed by atoms with Gasteiger partial charge in [0.2, 0.25) is 0 Å². The van der Waals surface area contributed by atoms with E-state index < -0.39 is 5.82 Å². The van der Waals surface area contributed by atoms with Gasteiger partial charge in [0, 0.05) is 10.9 Å². The van der Waals surface area contributed by atoms with Crippen LogP contribution in [0.1, 0.15) is 11.9 Å². The maximum absolute atomic E-state index is 13.7. The molecule has 1 aromatic carbocycles. The van der Waals surface area contributed by atoms with Gasteiger partial charge in [-0.05, 0) is 25.1 Å². The number of aldehydes is 1. The van der Waals surface area contributed by atoms with E-state index in [2.05, 4.69) is 4.98 Å². The van der Waals surface area contributed by atoms with Gasteiger partial charge in [0.05, 0.1) is 18.7 Å². The molecule has 1 heterocycles. The second kappa shape index (κ2) is 5.73. The monoisotopic (exact) mass is 265 g/mol. The molecular weight excluding hydrogens is 253 g/mol. The molecule has 0 saturated carbocycles. The zero-order chi connectivity index (χ0) is 13.0. The van der Waals surface area contributed by atoms with E-state index >= 15 is 0 Å². The van der Waals surface area contributed by atoms with Crippen LogP contribution in [0.3, 0.4) is 0 Å². The third kappa shape index (κ3) is 2.73. The quantitative estimate of drug-likeness (QED) is 0.780. The minimum absolute atomic E-state index is 0.240. The molecule has 94 valence electrons. The van der Waals surface area contributed by atoms with Crippen LogP contribution in [0.25, 0.3) is 11.3 Å². The number of carbonyl (C=O) groups excluding carboxylic acids is 1. The summed E-state index contributed by atoms with van der Waals surface area (Å²) < 4.78 is 18.8. The first-order valence-corrected chi connectivity index (χ1v) is 6.43. The Morgan fingerprint density at radius 2 is 2.33 bits per heavy atom. The Bertz CT molecular complexity index is 554. The van der Waals surface area contributed by atoms with Crippen molar-refractivity contribution in [1.82, 2.24) is 4.98 Å². The lowest BCUT2D eigenvalue weighted by molar-refractivity contribution is -0.107. The largest absolute Gasteiger partial charge is 0.491 e. The summed E-state index contributed by atoms with van der Waals surface area (Å²) in [5.74, 6) is -0.163. The molecule has 2 rings (SSSR count). The number of benzene rings is 1. The van der Waals surface area contributed by atoms with E-state index in [1.807, 2.05) is 5.38 Å². The number of halogens is 1. The van der Waals surface area contributed by atoms with Gasteiger partial charge in [-0.3, -0.25) is 0 Å². The number of ether oxygens (including phenoxy) is 1. The first-order valence-electron chi connectivity index (χ1n) is 5.55. The summed E-state index contributed by atoms with van der Waals surface area (Å²) >= 11 is 1.39. The Morgan fingerprint density at radius 1 is 1.50 bits per heavy atom. The summed E-state index contributed by atoms with van der Waals surface area (Å²) in [6.45, 7) is 2.23. The van der Waals surface area contributed by atoms with Crippen molar-refractivity contribution in [3.8, 4) is 17.0 Å². The zero-order valence-corrected chi connectivity index (χ0v) is 10.7. The summed E-state index contributed by atoms with van der Waals surface area (Å²) in [5.41, 5.74) is 1.36. The Labute approximate surface area is 108 Å². The maximum Gasteiger partial charge on any atom is 0.165 e. The number of thiazole rings is 1. The summed E-state index contributed by atoms with van der Waals surface area (Å²) in [4.78, 5) is 14.6. The smallest absolute Gasteiger partial charge is 0.165 e. The number of hydrogen-bond donors (Lipinski definition) is 0. The fourth-order valence-electron chi connectivity index (χ4n) is 1.54. The lowest BCUT2D eigenvalue weighted by Crippen LogP contribution is -1.94. The van der Waals surface area contributed by atoms with Crippen LogP contribution in [0.4, 0.5) is 4.39 Å². The lowest BCUT2D eigenvalue weighted by atomic mass is 10.1. The third-order valence-electron chi connectivity index (χ3n) is 2.34. The number of carbonyl (C=O) groups is 1. The molecular formula is C13H12FNO2S. The number of rotatable bonds is 5. The normalized spacial score (nSPS) is 10.3. The average molecular weight is 265 g/mol. The Hall–Kier alpha value is -1.75. The molecule has 0 spiro atoms. The average Bonchev–Trinajstić information content (AvgIpc) is 2.81. The number of aromatic nitrogens is 1. The molecule has 3 nitrogen and oxygen atoms in total. The molecule has 0 N–H and O–H groups in total. The van der Waals surface area contributed by atoms with Gasteiger partial charge in [0.1, 0.15) is 11.3 Å². The van der Waals surface area contributed by atoms with E-state index in [1.54, 1.807) is 19.1 Å². The number of hydrogen-bond acceptors (Lipinski definition) is 4. The second-order valence-electron chi connectivity index (χ2n) is 3.58. The van der Waals surface area contributed by atoms with Gasteiger partial charge in [0.15, 0.2) is 11.6 Å². The van der Waals surface area contributed by atoms with Crippen LogP contribution in [0.15, 0.2) is 23.6 Å². The van der Waals surface area contributed by atoms with Gasteiger partial charge in [-0.15, -0.1) is 11.3 Å². The minimum atomic E-state index is -0.403. The Morgan fingerprint density at radius 3 is 3.00 bits per heavy atom. The van der Waals surface area contributed by atoms with Crippen molar-refractivity contribution in [3.05, 3.63) is 34.4 Å². The molecule has 0 bridgehead atoms. The van der Waals surface area contributed by atoms with Crippen LogP contribution in [0.5, 0.6) is 5.75 Å². The van der Waals surface area contributed by atoms with Crippen molar-refractivity contribution in [2.45, 2.75) is 13.3 Å². The standard InChI is InChI=1S/C13H12FNO2S/c1-2-17-12-4-3-9(7-10(12)14)11-8-18-13(15-11)5-6-16/h3-4,6-8H,2,5H2,1H3. The van der Waals surface area contributed by atoms with E-state index in [0.717, 1.165) is 11.3 Å². The third-order valence-corrected chi connectivity index (χ3v) is 3.21. The zero-order valence-electron chi connectivity index (χ0n) is 9.85. The molecule has 1 aromatic heterocycles. The van der Waals surface area contributed by atoms with Gasteiger partial charge in [0.25, 0.3) is 0 Å². The van der Waals surface area contributed by atoms with Gasteiger partial charge in [-0.2, -0.15) is 0 Å². The molecule has 0 aliphatic heterocycles. The summed E-state index contributed by atoms with van der Waals surface area (Å²) in [7, 11) is 0.